The van der Waals surface area contributed by atoms with Gasteiger partial charge in [0.2, 0.25) is 0 Å². The summed E-state index contributed by atoms with van der Waals surface area (Å²) in [6, 6.07) is 1.38. The van der Waals surface area contributed by atoms with Crippen LogP contribution in [0.4, 0.5) is 13.2 Å². The molecule has 3 nitrogen and oxygen atoms in total. The lowest BCUT2D eigenvalue weighted by atomic mass is 9.86. The molecule has 1 aromatic rings. The van der Waals surface area contributed by atoms with Crippen molar-refractivity contribution in [2.24, 2.45) is 11.1 Å². The number of carbonyl (C=O) groups is 1. The number of hydrogen-bond donors (Lipinski definition) is 2. The maximum Gasteiger partial charge on any atom is 0.251 e. The third-order valence-corrected chi connectivity index (χ3v) is 3.97. The Morgan fingerprint density at radius 2 is 1.75 bits per heavy atom. The molecule has 1 aliphatic rings. The number of hydrogen-bond acceptors (Lipinski definition) is 2. The van der Waals surface area contributed by atoms with E-state index in [2.05, 4.69) is 5.32 Å². The molecule has 0 saturated heterocycles. The fourth-order valence-electron chi connectivity index (χ4n) is 2.63. The van der Waals surface area contributed by atoms with E-state index >= 15 is 0 Å². The topological polar surface area (TPSA) is 55.1 Å². The first-order chi connectivity index (χ1) is 9.47. The van der Waals surface area contributed by atoms with Crippen molar-refractivity contribution in [1.82, 2.24) is 5.32 Å². The van der Waals surface area contributed by atoms with E-state index in [0.29, 0.717) is 25.2 Å². The molecule has 2 rings (SSSR count). The molecule has 1 amide bonds. The van der Waals surface area contributed by atoms with Crippen LogP contribution in [0.3, 0.4) is 0 Å². The standard InChI is InChI=1S/C14H17F3N2O/c15-10-5-9(6-11(16)12(10)17)13(20)19-8-14(7-18)3-1-2-4-14/h5-6H,1-4,7-8,18H2,(H,19,20). The van der Waals surface area contributed by atoms with Crippen molar-refractivity contribution >= 4 is 5.91 Å². The van der Waals surface area contributed by atoms with Crippen LogP contribution in [-0.4, -0.2) is 19.0 Å². The first-order valence-corrected chi connectivity index (χ1v) is 6.60. The van der Waals surface area contributed by atoms with Crippen molar-refractivity contribution in [2.45, 2.75) is 25.7 Å². The molecular weight excluding hydrogens is 269 g/mol. The SMILES string of the molecule is NCC1(CNC(=O)c2cc(F)c(F)c(F)c2)CCCC1. The van der Waals surface area contributed by atoms with E-state index in [1.807, 2.05) is 0 Å². The molecule has 110 valence electrons. The van der Waals surface area contributed by atoms with E-state index in [-0.39, 0.29) is 11.0 Å². The van der Waals surface area contributed by atoms with Gasteiger partial charge in [0, 0.05) is 12.1 Å². The highest BCUT2D eigenvalue weighted by molar-refractivity contribution is 5.94. The van der Waals surface area contributed by atoms with Crippen LogP contribution in [0, 0.1) is 22.9 Å². The van der Waals surface area contributed by atoms with E-state index in [4.69, 9.17) is 5.73 Å². The first-order valence-electron chi connectivity index (χ1n) is 6.60. The summed E-state index contributed by atoms with van der Waals surface area (Å²) in [5.74, 6) is -4.94. The summed E-state index contributed by atoms with van der Waals surface area (Å²) < 4.78 is 39.0. The number of rotatable bonds is 4. The van der Waals surface area contributed by atoms with Gasteiger partial charge in [0.05, 0.1) is 0 Å². The van der Waals surface area contributed by atoms with Crippen LogP contribution in [0.5, 0.6) is 0 Å². The Morgan fingerprint density at radius 1 is 1.20 bits per heavy atom. The molecular formula is C14H17F3N2O. The van der Waals surface area contributed by atoms with Gasteiger partial charge in [-0.25, -0.2) is 13.2 Å². The molecule has 1 aliphatic carbocycles. The first kappa shape index (κ1) is 14.8. The van der Waals surface area contributed by atoms with Crippen LogP contribution in [0.25, 0.3) is 0 Å². The number of nitrogens with two attached hydrogens (primary N) is 1. The van der Waals surface area contributed by atoms with Gasteiger partial charge in [-0.2, -0.15) is 0 Å². The second-order valence-corrected chi connectivity index (χ2v) is 5.35. The van der Waals surface area contributed by atoms with E-state index in [1.165, 1.54) is 0 Å². The number of nitrogens with one attached hydrogen (secondary N) is 1. The molecule has 1 aromatic carbocycles. The van der Waals surface area contributed by atoms with Gasteiger partial charge in [-0.3, -0.25) is 4.79 Å². The predicted octanol–water partition coefficient (Wildman–Crippen LogP) is 2.35. The van der Waals surface area contributed by atoms with Crippen molar-refractivity contribution in [2.75, 3.05) is 13.1 Å². The summed E-state index contributed by atoms with van der Waals surface area (Å²) in [6.45, 7) is 0.822. The zero-order chi connectivity index (χ0) is 14.8. The van der Waals surface area contributed by atoms with E-state index in [1.54, 1.807) is 0 Å². The quantitative estimate of drug-likeness (QED) is 0.835. The Morgan fingerprint density at radius 3 is 2.25 bits per heavy atom. The number of halogens is 3. The number of amides is 1. The van der Waals surface area contributed by atoms with Crippen molar-refractivity contribution in [3.05, 3.63) is 35.1 Å². The Kier molecular flexibility index (Phi) is 4.32. The van der Waals surface area contributed by atoms with Gasteiger partial charge in [0.25, 0.3) is 5.91 Å². The molecule has 0 unspecified atom stereocenters. The molecule has 0 spiro atoms. The lowest BCUT2D eigenvalue weighted by Crippen LogP contribution is -2.40. The van der Waals surface area contributed by atoms with Crippen LogP contribution in [0.2, 0.25) is 0 Å². The normalized spacial score (nSPS) is 17.2. The highest BCUT2D eigenvalue weighted by atomic mass is 19.2. The summed E-state index contributed by atoms with van der Waals surface area (Å²) in [5, 5.41) is 2.63. The average molecular weight is 286 g/mol. The van der Waals surface area contributed by atoms with E-state index in [0.717, 1.165) is 25.7 Å². The fourth-order valence-corrected chi connectivity index (χ4v) is 2.63. The van der Waals surface area contributed by atoms with Gasteiger partial charge in [-0.15, -0.1) is 0 Å². The van der Waals surface area contributed by atoms with Gasteiger partial charge in [-0.1, -0.05) is 12.8 Å². The summed E-state index contributed by atoms with van der Waals surface area (Å²) in [5.41, 5.74) is 5.38. The predicted molar refractivity (Wildman–Crippen MR) is 68.6 cm³/mol. The molecule has 1 fully saturated rings. The molecule has 0 bridgehead atoms. The van der Waals surface area contributed by atoms with Gasteiger partial charge < -0.3 is 11.1 Å². The lowest BCUT2D eigenvalue weighted by Gasteiger charge is -2.27. The molecule has 20 heavy (non-hydrogen) atoms. The average Bonchev–Trinajstić information content (AvgIpc) is 2.91. The lowest BCUT2D eigenvalue weighted by molar-refractivity contribution is 0.0931. The zero-order valence-electron chi connectivity index (χ0n) is 11.0. The third-order valence-electron chi connectivity index (χ3n) is 3.97. The maximum absolute atomic E-state index is 13.1. The van der Waals surface area contributed by atoms with Crippen molar-refractivity contribution in [3.8, 4) is 0 Å². The molecule has 0 aliphatic heterocycles. The summed E-state index contributed by atoms with van der Waals surface area (Å²) in [4.78, 5) is 11.9. The number of benzene rings is 1. The van der Waals surface area contributed by atoms with Crippen LogP contribution < -0.4 is 11.1 Å². The fraction of sp³-hybridized carbons (Fsp3) is 0.500. The Balaban J connectivity index is 2.05. The van der Waals surface area contributed by atoms with Gasteiger partial charge in [0.15, 0.2) is 17.5 Å². The third kappa shape index (κ3) is 2.95. The second-order valence-electron chi connectivity index (χ2n) is 5.35. The molecule has 3 N–H and O–H groups in total. The van der Waals surface area contributed by atoms with E-state index in [9.17, 15) is 18.0 Å². The smallest absolute Gasteiger partial charge is 0.251 e. The van der Waals surface area contributed by atoms with Crippen LogP contribution in [0.15, 0.2) is 12.1 Å². The van der Waals surface area contributed by atoms with Crippen LogP contribution >= 0.6 is 0 Å². The second kappa shape index (κ2) is 5.83. The van der Waals surface area contributed by atoms with Gasteiger partial charge >= 0.3 is 0 Å². The summed E-state index contributed by atoms with van der Waals surface area (Å²) in [7, 11) is 0. The minimum Gasteiger partial charge on any atom is -0.351 e. The highest BCUT2D eigenvalue weighted by Gasteiger charge is 2.32. The molecule has 0 atom stereocenters. The Labute approximate surface area is 115 Å². The highest BCUT2D eigenvalue weighted by Crippen LogP contribution is 2.36. The van der Waals surface area contributed by atoms with Crippen molar-refractivity contribution < 1.29 is 18.0 Å². The summed E-state index contributed by atoms with van der Waals surface area (Å²) >= 11 is 0. The molecule has 1 saturated carbocycles. The molecule has 0 heterocycles. The number of carbonyl (C=O) groups excluding carboxylic acids is 1. The van der Waals surface area contributed by atoms with Gasteiger partial charge in [0.1, 0.15) is 0 Å². The maximum atomic E-state index is 13.1. The minimum atomic E-state index is -1.57. The molecule has 6 heteroatoms. The van der Waals surface area contributed by atoms with Crippen LogP contribution in [0.1, 0.15) is 36.0 Å². The monoisotopic (exact) mass is 286 g/mol. The largest absolute Gasteiger partial charge is 0.351 e. The van der Waals surface area contributed by atoms with E-state index < -0.39 is 23.4 Å². The molecule has 0 aromatic heterocycles. The Bertz CT molecular complexity index is 490. The van der Waals surface area contributed by atoms with Crippen molar-refractivity contribution in [3.63, 3.8) is 0 Å². The zero-order valence-corrected chi connectivity index (χ0v) is 11.0. The van der Waals surface area contributed by atoms with Crippen LogP contribution in [-0.2, 0) is 0 Å². The molecule has 0 radical (unpaired) electrons. The summed E-state index contributed by atoms with van der Waals surface area (Å²) in [6.07, 6.45) is 3.98. The minimum absolute atomic E-state index is 0.132. The Hall–Kier alpha value is -1.56. The van der Waals surface area contributed by atoms with Crippen molar-refractivity contribution in [1.29, 1.82) is 0 Å². The van der Waals surface area contributed by atoms with Gasteiger partial charge in [-0.05, 0) is 36.9 Å².